The van der Waals surface area contributed by atoms with Crippen LogP contribution >= 0.6 is 0 Å². The van der Waals surface area contributed by atoms with Gasteiger partial charge in [-0.25, -0.2) is 0 Å². The SMILES string of the molecule is Cc1ccc2c(c1O)C(O)=C1C(=O)[C@]3(O)C(O)=C(C(N)=O)C(=O)[C@@H](N(C)C)[C@@H]3C[C@@H]1C2. The van der Waals surface area contributed by atoms with Crippen LogP contribution in [0.25, 0.3) is 5.76 Å². The van der Waals surface area contributed by atoms with Gasteiger partial charge < -0.3 is 26.2 Å². The average Bonchev–Trinajstić information content (AvgIpc) is 2.67. The Hall–Kier alpha value is -3.17. The van der Waals surface area contributed by atoms with Crippen LogP contribution in [0, 0.1) is 18.8 Å². The summed E-state index contributed by atoms with van der Waals surface area (Å²) in [7, 11) is 3.13. The number of benzene rings is 1. The summed E-state index contributed by atoms with van der Waals surface area (Å²) in [6.07, 6.45) is 0.378. The van der Waals surface area contributed by atoms with Crippen molar-refractivity contribution in [1.82, 2.24) is 4.90 Å². The van der Waals surface area contributed by atoms with Crippen molar-refractivity contribution in [2.24, 2.45) is 17.6 Å². The number of phenols is 1. The molecule has 31 heavy (non-hydrogen) atoms. The van der Waals surface area contributed by atoms with E-state index in [1.807, 2.05) is 0 Å². The van der Waals surface area contributed by atoms with E-state index >= 15 is 0 Å². The number of aromatic hydroxyl groups is 1. The molecule has 9 nitrogen and oxygen atoms in total. The highest BCUT2D eigenvalue weighted by molar-refractivity contribution is 6.24. The Bertz CT molecular complexity index is 1120. The van der Waals surface area contributed by atoms with E-state index in [0.29, 0.717) is 17.5 Å². The van der Waals surface area contributed by atoms with Crippen molar-refractivity contribution < 1.29 is 34.8 Å². The fourth-order valence-corrected chi connectivity index (χ4v) is 5.32. The molecule has 3 aliphatic rings. The number of nitrogens with zero attached hydrogens (tertiary/aromatic N) is 1. The lowest BCUT2D eigenvalue weighted by Crippen LogP contribution is -2.65. The second-order valence-corrected chi connectivity index (χ2v) is 8.73. The van der Waals surface area contributed by atoms with Crippen molar-refractivity contribution in [2.75, 3.05) is 14.1 Å². The molecule has 0 bridgehead atoms. The third-order valence-corrected chi connectivity index (χ3v) is 6.80. The predicted octanol–water partition coefficient (Wildman–Crippen LogP) is 0.272. The first-order chi connectivity index (χ1) is 14.4. The molecule has 4 rings (SSSR count). The van der Waals surface area contributed by atoms with Crippen LogP contribution in [0.15, 0.2) is 29.0 Å². The monoisotopic (exact) mass is 428 g/mol. The molecule has 0 aliphatic heterocycles. The van der Waals surface area contributed by atoms with Crippen LogP contribution in [0.3, 0.4) is 0 Å². The number of aliphatic hydroxyl groups excluding tert-OH is 2. The number of ketones is 2. The van der Waals surface area contributed by atoms with Crippen molar-refractivity contribution in [3.8, 4) is 5.75 Å². The van der Waals surface area contributed by atoms with E-state index in [2.05, 4.69) is 0 Å². The highest BCUT2D eigenvalue weighted by Crippen LogP contribution is 2.52. The molecule has 1 aromatic rings. The molecule has 9 heteroatoms. The van der Waals surface area contributed by atoms with Crippen LogP contribution in [-0.4, -0.2) is 68.5 Å². The number of fused-ring (bicyclic) bond motifs is 3. The van der Waals surface area contributed by atoms with Crippen LogP contribution in [0.5, 0.6) is 5.75 Å². The van der Waals surface area contributed by atoms with Crippen LogP contribution in [0.4, 0.5) is 0 Å². The zero-order valence-electron chi connectivity index (χ0n) is 17.3. The number of aryl methyl sites for hydroxylation is 1. The Morgan fingerprint density at radius 1 is 1.19 bits per heavy atom. The number of phenolic OH excluding ortho intramolecular Hbond substituents is 1. The Morgan fingerprint density at radius 3 is 2.42 bits per heavy atom. The molecule has 0 spiro atoms. The minimum Gasteiger partial charge on any atom is -0.508 e. The number of hydrogen-bond donors (Lipinski definition) is 5. The van der Waals surface area contributed by atoms with Crippen LogP contribution in [-0.2, 0) is 20.8 Å². The molecule has 3 aliphatic carbocycles. The zero-order valence-corrected chi connectivity index (χ0v) is 17.3. The normalized spacial score (nSPS) is 30.3. The van der Waals surface area contributed by atoms with Crippen molar-refractivity contribution in [3.63, 3.8) is 0 Å². The number of hydrogen-bond acceptors (Lipinski definition) is 8. The van der Waals surface area contributed by atoms with Gasteiger partial charge in [0.15, 0.2) is 11.4 Å². The van der Waals surface area contributed by atoms with Gasteiger partial charge in [0.25, 0.3) is 5.91 Å². The van der Waals surface area contributed by atoms with Gasteiger partial charge in [0.2, 0.25) is 5.78 Å². The second kappa shape index (κ2) is 6.66. The van der Waals surface area contributed by atoms with Crippen molar-refractivity contribution in [1.29, 1.82) is 0 Å². The predicted molar refractivity (Wildman–Crippen MR) is 109 cm³/mol. The number of primary amides is 1. The number of nitrogens with two attached hydrogens (primary N) is 1. The van der Waals surface area contributed by atoms with Gasteiger partial charge in [0.05, 0.1) is 11.6 Å². The molecular weight excluding hydrogens is 404 g/mol. The number of likely N-dealkylation sites (N-methyl/N-ethyl adjacent to an activating group) is 1. The number of aliphatic hydroxyl groups is 3. The third kappa shape index (κ3) is 2.60. The molecule has 4 atom stereocenters. The molecule has 164 valence electrons. The van der Waals surface area contributed by atoms with Crippen molar-refractivity contribution in [3.05, 3.63) is 45.7 Å². The largest absolute Gasteiger partial charge is 0.508 e. The summed E-state index contributed by atoms with van der Waals surface area (Å²) in [5.41, 5.74) is 2.95. The van der Waals surface area contributed by atoms with Gasteiger partial charge in [-0.2, -0.15) is 0 Å². The zero-order chi connectivity index (χ0) is 23.0. The Balaban J connectivity index is 1.98. The maximum atomic E-state index is 13.6. The third-order valence-electron chi connectivity index (χ3n) is 6.80. The van der Waals surface area contributed by atoms with Crippen LogP contribution in [0.2, 0.25) is 0 Å². The highest BCUT2D eigenvalue weighted by Gasteiger charge is 2.64. The van der Waals surface area contributed by atoms with Crippen LogP contribution in [0.1, 0.15) is 23.1 Å². The Kier molecular flexibility index (Phi) is 4.53. The topological polar surface area (TPSA) is 161 Å². The first-order valence-corrected chi connectivity index (χ1v) is 9.89. The lowest BCUT2D eigenvalue weighted by atomic mass is 9.57. The quantitative estimate of drug-likeness (QED) is 0.420. The molecule has 0 heterocycles. The molecule has 1 fully saturated rings. The second-order valence-electron chi connectivity index (χ2n) is 8.73. The minimum atomic E-state index is -2.61. The van der Waals surface area contributed by atoms with E-state index in [-0.39, 0.29) is 23.3 Å². The van der Waals surface area contributed by atoms with E-state index in [1.54, 1.807) is 33.2 Å². The molecule has 1 amide bonds. The molecule has 6 N–H and O–H groups in total. The van der Waals surface area contributed by atoms with Gasteiger partial charge >= 0.3 is 0 Å². The summed E-state index contributed by atoms with van der Waals surface area (Å²) in [6, 6.07) is 2.37. The number of carbonyl (C=O) groups excluding carboxylic acids is 3. The number of Topliss-reactive ketones (excluding diaryl/α,β-unsaturated/α-hetero) is 2. The van der Waals surface area contributed by atoms with Gasteiger partial charge in [-0.3, -0.25) is 19.3 Å². The van der Waals surface area contributed by atoms with Crippen LogP contribution < -0.4 is 5.73 Å². The maximum Gasteiger partial charge on any atom is 0.255 e. The lowest BCUT2D eigenvalue weighted by molar-refractivity contribution is -0.153. The van der Waals surface area contributed by atoms with E-state index in [1.165, 1.54) is 4.90 Å². The van der Waals surface area contributed by atoms with E-state index < -0.39 is 58.0 Å². The van der Waals surface area contributed by atoms with Gasteiger partial charge in [0.1, 0.15) is 22.8 Å². The minimum absolute atomic E-state index is 0.0837. The molecule has 0 unspecified atom stereocenters. The molecule has 1 saturated carbocycles. The van der Waals surface area contributed by atoms with Gasteiger partial charge in [-0.05, 0) is 50.9 Å². The first-order valence-electron chi connectivity index (χ1n) is 9.89. The molecule has 1 aromatic carbocycles. The summed E-state index contributed by atoms with van der Waals surface area (Å²) in [5, 5.41) is 43.6. The summed E-state index contributed by atoms with van der Waals surface area (Å²) in [5.74, 6) is -6.38. The van der Waals surface area contributed by atoms with Crippen molar-refractivity contribution in [2.45, 2.75) is 31.4 Å². The number of amides is 1. The fourth-order valence-electron chi connectivity index (χ4n) is 5.32. The van der Waals surface area contributed by atoms with Gasteiger partial charge in [0, 0.05) is 11.5 Å². The Labute approximate surface area is 178 Å². The van der Waals surface area contributed by atoms with Gasteiger partial charge in [-0.1, -0.05) is 12.1 Å². The van der Waals surface area contributed by atoms with Crippen molar-refractivity contribution >= 4 is 23.2 Å². The average molecular weight is 428 g/mol. The lowest BCUT2D eigenvalue weighted by Gasteiger charge is -2.50. The summed E-state index contributed by atoms with van der Waals surface area (Å²) in [6.45, 7) is 1.65. The molecular formula is C22H24N2O7. The number of rotatable bonds is 2. The fraction of sp³-hybridized carbons (Fsp3) is 0.409. The summed E-state index contributed by atoms with van der Waals surface area (Å²) < 4.78 is 0. The first kappa shape index (κ1) is 21.1. The molecule has 0 saturated heterocycles. The van der Waals surface area contributed by atoms with E-state index in [4.69, 9.17) is 5.73 Å². The molecule has 0 aromatic heterocycles. The Morgan fingerprint density at radius 2 is 1.84 bits per heavy atom. The smallest absolute Gasteiger partial charge is 0.255 e. The molecule has 0 radical (unpaired) electrons. The maximum absolute atomic E-state index is 13.6. The van der Waals surface area contributed by atoms with E-state index in [0.717, 1.165) is 0 Å². The standard InChI is InChI=1S/C22H24N2O7/c1-8-4-5-9-6-10-7-11-15(24(2)3)18(27)14(21(23)30)20(29)22(11,31)19(28)13(10)17(26)12(9)16(8)25/h4-5,10-11,15,25-26,29,31H,6-7H2,1-3H3,(H2,23,30)/t10-,11-,15-,22-/m0/s1. The summed E-state index contributed by atoms with van der Waals surface area (Å²) in [4.78, 5) is 39.9. The highest BCUT2D eigenvalue weighted by atomic mass is 16.3. The number of carbonyl (C=O) groups is 3. The van der Waals surface area contributed by atoms with E-state index in [9.17, 15) is 34.8 Å². The van der Waals surface area contributed by atoms with Gasteiger partial charge in [-0.15, -0.1) is 0 Å². The summed E-state index contributed by atoms with van der Waals surface area (Å²) >= 11 is 0.